The third-order valence-corrected chi connectivity index (χ3v) is 5.13. The van der Waals surface area contributed by atoms with Gasteiger partial charge in [-0.3, -0.25) is 9.78 Å². The molecule has 142 valence electrons. The number of hydrogen-bond donors (Lipinski definition) is 1. The van der Waals surface area contributed by atoms with Gasteiger partial charge in [-0.05, 0) is 42.9 Å². The van der Waals surface area contributed by atoms with Gasteiger partial charge in [0.2, 0.25) is 5.82 Å². The second-order valence-corrected chi connectivity index (χ2v) is 6.97. The van der Waals surface area contributed by atoms with Crippen molar-refractivity contribution in [1.82, 2.24) is 20.3 Å². The lowest BCUT2D eigenvalue weighted by atomic mass is 10.0. The van der Waals surface area contributed by atoms with Crippen LogP contribution < -0.4 is 5.32 Å². The second-order valence-electron chi connectivity index (χ2n) is 6.97. The van der Waals surface area contributed by atoms with Crippen LogP contribution in [0, 0.1) is 17.7 Å². The van der Waals surface area contributed by atoms with Gasteiger partial charge in [-0.2, -0.15) is 13.2 Å². The molecule has 0 radical (unpaired) electrons. The maximum atomic E-state index is 14.0. The number of alkyl halides is 3. The zero-order valence-corrected chi connectivity index (χ0v) is 14.1. The minimum atomic E-state index is -4.63. The quantitative estimate of drug-likeness (QED) is 0.808. The molecule has 2 aromatic rings. The van der Waals surface area contributed by atoms with Crippen LogP contribution in [0.25, 0.3) is 11.3 Å². The molecule has 2 aromatic heterocycles. The van der Waals surface area contributed by atoms with Gasteiger partial charge in [0.25, 0.3) is 0 Å². The Labute approximate surface area is 152 Å². The standard InChI is InChI=1S/C18H16F4N4O/c19-13-8-23-14(11-6-25-17(26-7-11)18(20,21)22)4-9(13)1-2-15(27)16-12-3-10(12)5-24-16/h4,6-8,10,12,16,24H,1-3,5H2/t10?,12-,16-/m0/s1. The molecule has 0 spiro atoms. The average Bonchev–Trinajstić information content (AvgIpc) is 3.30. The Morgan fingerprint density at radius 3 is 2.52 bits per heavy atom. The molecule has 9 heteroatoms. The largest absolute Gasteiger partial charge is 0.451 e. The first-order valence-corrected chi connectivity index (χ1v) is 8.63. The Balaban J connectivity index is 1.47. The van der Waals surface area contributed by atoms with E-state index < -0.39 is 17.8 Å². The van der Waals surface area contributed by atoms with E-state index in [2.05, 4.69) is 20.3 Å². The molecule has 1 N–H and O–H groups in total. The van der Waals surface area contributed by atoms with E-state index in [0.717, 1.165) is 31.6 Å². The predicted octanol–water partition coefficient (Wildman–Crippen LogP) is 2.81. The number of carbonyl (C=O) groups is 1. The molecule has 1 unspecified atom stereocenters. The number of ketones is 1. The Hall–Kier alpha value is -2.42. The van der Waals surface area contributed by atoms with Crippen LogP contribution in [0.5, 0.6) is 0 Å². The van der Waals surface area contributed by atoms with Crippen LogP contribution in [0.15, 0.2) is 24.7 Å². The zero-order valence-electron chi connectivity index (χ0n) is 14.1. The number of hydrogen-bond acceptors (Lipinski definition) is 5. The molecule has 3 atom stereocenters. The van der Waals surface area contributed by atoms with Crippen LogP contribution in [0.3, 0.4) is 0 Å². The van der Waals surface area contributed by atoms with Crippen molar-refractivity contribution in [2.45, 2.75) is 31.5 Å². The highest BCUT2D eigenvalue weighted by molar-refractivity contribution is 5.85. The maximum absolute atomic E-state index is 14.0. The topological polar surface area (TPSA) is 67.8 Å². The number of halogens is 4. The molecule has 1 aliphatic heterocycles. The average molecular weight is 380 g/mol. The summed E-state index contributed by atoms with van der Waals surface area (Å²) in [6.07, 6.45) is -0.152. The van der Waals surface area contributed by atoms with Gasteiger partial charge in [-0.15, -0.1) is 0 Å². The third-order valence-electron chi connectivity index (χ3n) is 5.13. The maximum Gasteiger partial charge on any atom is 0.451 e. The predicted molar refractivity (Wildman–Crippen MR) is 86.9 cm³/mol. The zero-order chi connectivity index (χ0) is 19.2. The lowest BCUT2D eigenvalue weighted by Crippen LogP contribution is -2.34. The van der Waals surface area contributed by atoms with E-state index in [1.165, 1.54) is 6.07 Å². The van der Waals surface area contributed by atoms with Crippen LogP contribution in [0.1, 0.15) is 24.2 Å². The molecule has 0 bridgehead atoms. The van der Waals surface area contributed by atoms with E-state index in [9.17, 15) is 22.4 Å². The Kier molecular flexibility index (Phi) is 4.41. The molecule has 0 aromatic carbocycles. The number of Topliss-reactive ketones (excluding diaryl/α,β-unsaturated/α-hetero) is 1. The molecule has 5 nitrogen and oxygen atoms in total. The fraction of sp³-hybridized carbons (Fsp3) is 0.444. The summed E-state index contributed by atoms with van der Waals surface area (Å²) in [5.41, 5.74) is 0.793. The number of rotatable bonds is 5. The van der Waals surface area contributed by atoms with Crippen molar-refractivity contribution >= 4 is 5.78 Å². The highest BCUT2D eigenvalue weighted by Crippen LogP contribution is 2.45. The van der Waals surface area contributed by atoms with Gasteiger partial charge in [0, 0.05) is 24.4 Å². The molecular weight excluding hydrogens is 364 g/mol. The van der Waals surface area contributed by atoms with Crippen molar-refractivity contribution in [3.63, 3.8) is 0 Å². The molecule has 1 aliphatic carbocycles. The van der Waals surface area contributed by atoms with Crippen LogP contribution in [-0.4, -0.2) is 33.3 Å². The second kappa shape index (κ2) is 6.63. The van der Waals surface area contributed by atoms with E-state index >= 15 is 0 Å². The fourth-order valence-electron chi connectivity index (χ4n) is 3.55. The summed E-state index contributed by atoms with van der Waals surface area (Å²) in [5, 5.41) is 3.20. The highest BCUT2D eigenvalue weighted by atomic mass is 19.4. The Bertz CT molecular complexity index is 869. The number of pyridine rings is 1. The number of carbonyl (C=O) groups excluding carboxylic acids is 1. The molecule has 1 saturated heterocycles. The summed E-state index contributed by atoms with van der Waals surface area (Å²) < 4.78 is 51.7. The monoisotopic (exact) mass is 380 g/mol. The SMILES string of the molecule is O=C(CCc1cc(-c2cnc(C(F)(F)F)nc2)ncc1F)[C@H]1NCC2C[C@@H]21. The first kappa shape index (κ1) is 18.0. The number of nitrogens with one attached hydrogen (secondary N) is 1. The van der Waals surface area contributed by atoms with Crippen molar-refractivity contribution in [1.29, 1.82) is 0 Å². The minimum absolute atomic E-state index is 0.0654. The molecular formula is C18H16F4N4O. The van der Waals surface area contributed by atoms with Gasteiger partial charge in [0.05, 0.1) is 17.9 Å². The lowest BCUT2D eigenvalue weighted by molar-refractivity contribution is -0.145. The first-order valence-electron chi connectivity index (χ1n) is 8.63. The van der Waals surface area contributed by atoms with Crippen molar-refractivity contribution in [3.8, 4) is 11.3 Å². The Morgan fingerprint density at radius 2 is 1.93 bits per heavy atom. The number of fused-ring (bicyclic) bond motifs is 1. The number of aryl methyl sites for hydroxylation is 1. The lowest BCUT2D eigenvalue weighted by Gasteiger charge is -2.12. The smallest absolute Gasteiger partial charge is 0.307 e. The molecule has 3 heterocycles. The summed E-state index contributed by atoms with van der Waals surface area (Å²) >= 11 is 0. The Morgan fingerprint density at radius 1 is 1.19 bits per heavy atom. The van der Waals surface area contributed by atoms with Gasteiger partial charge in [-0.25, -0.2) is 14.4 Å². The van der Waals surface area contributed by atoms with Crippen molar-refractivity contribution in [3.05, 3.63) is 41.9 Å². The summed E-state index contributed by atoms with van der Waals surface area (Å²) in [6.45, 7) is 0.864. The van der Waals surface area contributed by atoms with E-state index in [4.69, 9.17) is 0 Å². The molecule has 4 rings (SSSR count). The molecule has 27 heavy (non-hydrogen) atoms. The van der Waals surface area contributed by atoms with E-state index in [1.807, 2.05) is 0 Å². The summed E-state index contributed by atoms with van der Waals surface area (Å²) in [5.74, 6) is -0.720. The number of aromatic nitrogens is 3. The highest BCUT2D eigenvalue weighted by Gasteiger charge is 2.50. The van der Waals surface area contributed by atoms with Crippen LogP contribution >= 0.6 is 0 Å². The van der Waals surface area contributed by atoms with Crippen LogP contribution in [0.2, 0.25) is 0 Å². The van der Waals surface area contributed by atoms with Gasteiger partial charge >= 0.3 is 6.18 Å². The van der Waals surface area contributed by atoms with Crippen molar-refractivity contribution in [2.24, 2.45) is 11.8 Å². The van der Waals surface area contributed by atoms with E-state index in [0.29, 0.717) is 17.4 Å². The van der Waals surface area contributed by atoms with Crippen molar-refractivity contribution < 1.29 is 22.4 Å². The molecule has 2 aliphatic rings. The fourth-order valence-corrected chi connectivity index (χ4v) is 3.55. The van der Waals surface area contributed by atoms with E-state index in [1.54, 1.807) is 0 Å². The molecule has 2 fully saturated rings. The number of piperidine rings is 1. The summed E-state index contributed by atoms with van der Waals surface area (Å²) in [7, 11) is 0. The van der Waals surface area contributed by atoms with Crippen LogP contribution in [0.4, 0.5) is 17.6 Å². The first-order chi connectivity index (χ1) is 12.8. The minimum Gasteiger partial charge on any atom is -0.307 e. The normalized spacial score (nSPS) is 23.9. The molecule has 0 amide bonds. The van der Waals surface area contributed by atoms with Crippen LogP contribution in [-0.2, 0) is 17.4 Å². The van der Waals surface area contributed by atoms with E-state index in [-0.39, 0.29) is 35.9 Å². The third kappa shape index (κ3) is 3.69. The summed E-state index contributed by atoms with van der Waals surface area (Å²) in [4.78, 5) is 22.8. The van der Waals surface area contributed by atoms with Gasteiger partial charge in [-0.1, -0.05) is 0 Å². The summed E-state index contributed by atoms with van der Waals surface area (Å²) in [6, 6.07) is 1.29. The van der Waals surface area contributed by atoms with Crippen molar-refractivity contribution in [2.75, 3.05) is 6.54 Å². The van der Waals surface area contributed by atoms with Gasteiger partial charge in [0.15, 0.2) is 0 Å². The molecule has 1 saturated carbocycles. The van der Waals surface area contributed by atoms with Gasteiger partial charge < -0.3 is 5.32 Å². The number of nitrogens with zero attached hydrogens (tertiary/aromatic N) is 3. The van der Waals surface area contributed by atoms with Gasteiger partial charge in [0.1, 0.15) is 11.6 Å².